The molecule has 7 nitrogen and oxygen atoms in total. The first kappa shape index (κ1) is 14.3. The lowest BCUT2D eigenvalue weighted by Crippen LogP contribution is -2.17. The van der Waals surface area contributed by atoms with Crippen molar-refractivity contribution >= 4 is 5.65 Å². The number of ether oxygens (including phenoxy) is 1. The first-order valence-electron chi connectivity index (χ1n) is 7.41. The Labute approximate surface area is 137 Å². The summed E-state index contributed by atoms with van der Waals surface area (Å²) in [5.41, 5.74) is 3.07. The van der Waals surface area contributed by atoms with Crippen molar-refractivity contribution in [3.8, 4) is 28.1 Å². The zero-order valence-electron chi connectivity index (χ0n) is 13.2. The molecule has 0 amide bonds. The van der Waals surface area contributed by atoms with Crippen molar-refractivity contribution in [2.75, 3.05) is 7.11 Å². The molecule has 0 spiro atoms. The summed E-state index contributed by atoms with van der Waals surface area (Å²) < 4.78 is 8.48. The van der Waals surface area contributed by atoms with E-state index in [2.05, 4.69) is 15.2 Å². The molecular formula is C17H15N5O2. The van der Waals surface area contributed by atoms with Crippen molar-refractivity contribution in [2.45, 2.75) is 0 Å². The lowest BCUT2D eigenvalue weighted by atomic mass is 10.1. The predicted molar refractivity (Wildman–Crippen MR) is 90.0 cm³/mol. The molecule has 0 aliphatic carbocycles. The quantitative estimate of drug-likeness (QED) is 0.627. The molecule has 1 N–H and O–H groups in total. The maximum atomic E-state index is 12.7. The van der Waals surface area contributed by atoms with Gasteiger partial charge in [0.15, 0.2) is 5.65 Å². The summed E-state index contributed by atoms with van der Waals surface area (Å²) >= 11 is 0. The number of nitrogens with zero attached hydrogens (tertiary/aromatic N) is 4. The van der Waals surface area contributed by atoms with Gasteiger partial charge in [-0.25, -0.2) is 9.50 Å². The third kappa shape index (κ3) is 2.10. The Kier molecular flexibility index (Phi) is 3.19. The Hall–Kier alpha value is -3.35. The van der Waals surface area contributed by atoms with Gasteiger partial charge < -0.3 is 4.74 Å². The highest BCUT2D eigenvalue weighted by molar-refractivity contribution is 5.81. The third-order valence-electron chi connectivity index (χ3n) is 3.93. The number of aromatic amines is 1. The van der Waals surface area contributed by atoms with Gasteiger partial charge in [-0.05, 0) is 12.1 Å². The fourth-order valence-electron chi connectivity index (χ4n) is 2.76. The number of hydrogen-bond donors (Lipinski definition) is 1. The van der Waals surface area contributed by atoms with Crippen molar-refractivity contribution < 1.29 is 4.74 Å². The molecule has 4 rings (SSSR count). The second-order valence-electron chi connectivity index (χ2n) is 5.40. The molecule has 0 radical (unpaired) electrons. The van der Waals surface area contributed by atoms with Crippen LogP contribution in [0.2, 0.25) is 0 Å². The normalized spacial score (nSPS) is 11.1. The highest BCUT2D eigenvalue weighted by Gasteiger charge is 2.16. The van der Waals surface area contributed by atoms with Gasteiger partial charge in [0.1, 0.15) is 5.75 Å². The van der Waals surface area contributed by atoms with Crippen LogP contribution in [0, 0.1) is 0 Å². The van der Waals surface area contributed by atoms with Crippen LogP contribution in [-0.4, -0.2) is 31.5 Å². The van der Waals surface area contributed by atoms with Crippen molar-refractivity contribution in [1.82, 2.24) is 24.4 Å². The van der Waals surface area contributed by atoms with E-state index in [-0.39, 0.29) is 5.56 Å². The van der Waals surface area contributed by atoms with Crippen LogP contribution in [-0.2, 0) is 7.05 Å². The number of aryl methyl sites for hydroxylation is 1. The SMILES string of the molecule is COc1ccccc1-c1c[nH]n2c(=O)c(-c3ccn(C)n3)cnc12. The van der Waals surface area contributed by atoms with E-state index >= 15 is 0 Å². The summed E-state index contributed by atoms with van der Waals surface area (Å²) in [5.74, 6) is 0.724. The maximum Gasteiger partial charge on any atom is 0.282 e. The number of hydrogen-bond acceptors (Lipinski definition) is 4. The summed E-state index contributed by atoms with van der Waals surface area (Å²) in [4.78, 5) is 17.2. The maximum absolute atomic E-state index is 12.7. The van der Waals surface area contributed by atoms with E-state index in [0.717, 1.165) is 16.9 Å². The fourth-order valence-corrected chi connectivity index (χ4v) is 2.76. The van der Waals surface area contributed by atoms with E-state index in [0.29, 0.717) is 16.9 Å². The Balaban J connectivity index is 1.93. The minimum absolute atomic E-state index is 0.195. The van der Waals surface area contributed by atoms with Gasteiger partial charge in [-0.2, -0.15) is 5.10 Å². The molecule has 0 aliphatic heterocycles. The second kappa shape index (κ2) is 5.38. The van der Waals surface area contributed by atoms with Crippen LogP contribution in [0.5, 0.6) is 5.75 Å². The van der Waals surface area contributed by atoms with E-state index in [1.54, 1.807) is 36.4 Å². The van der Waals surface area contributed by atoms with Gasteiger partial charge >= 0.3 is 0 Å². The van der Waals surface area contributed by atoms with E-state index in [1.807, 2.05) is 31.3 Å². The summed E-state index contributed by atoms with van der Waals surface area (Å²) in [6.07, 6.45) is 5.11. The van der Waals surface area contributed by atoms with Crippen LogP contribution in [0.3, 0.4) is 0 Å². The molecule has 7 heteroatoms. The number of nitrogens with one attached hydrogen (secondary N) is 1. The van der Waals surface area contributed by atoms with Crippen LogP contribution in [0.1, 0.15) is 0 Å². The molecular weight excluding hydrogens is 306 g/mol. The molecule has 3 heterocycles. The molecule has 3 aromatic heterocycles. The monoisotopic (exact) mass is 321 g/mol. The minimum atomic E-state index is -0.195. The standard InChI is InChI=1S/C17H15N5O2/c1-21-8-7-14(20-21)13-9-18-16-12(10-19-22(16)17(13)23)11-5-3-4-6-15(11)24-2/h3-10,19H,1-2H3. The average molecular weight is 321 g/mol. The molecule has 0 atom stereocenters. The molecule has 0 saturated carbocycles. The lowest BCUT2D eigenvalue weighted by Gasteiger charge is -2.06. The molecule has 0 unspecified atom stereocenters. The van der Waals surface area contributed by atoms with E-state index in [1.165, 1.54) is 4.52 Å². The summed E-state index contributed by atoms with van der Waals surface area (Å²) in [7, 11) is 3.42. The highest BCUT2D eigenvalue weighted by atomic mass is 16.5. The Morgan fingerprint density at radius 2 is 1.96 bits per heavy atom. The first-order chi connectivity index (χ1) is 11.7. The van der Waals surface area contributed by atoms with Crippen LogP contribution >= 0.6 is 0 Å². The smallest absolute Gasteiger partial charge is 0.282 e. The van der Waals surface area contributed by atoms with Crippen molar-refractivity contribution in [1.29, 1.82) is 0 Å². The van der Waals surface area contributed by atoms with Gasteiger partial charge in [0.05, 0.1) is 18.4 Å². The van der Waals surface area contributed by atoms with Crippen LogP contribution < -0.4 is 10.3 Å². The number of H-pyrrole nitrogens is 1. The van der Waals surface area contributed by atoms with Crippen molar-refractivity contribution in [3.63, 3.8) is 0 Å². The van der Waals surface area contributed by atoms with Crippen molar-refractivity contribution in [3.05, 3.63) is 59.3 Å². The fraction of sp³-hybridized carbons (Fsp3) is 0.118. The Morgan fingerprint density at radius 3 is 2.71 bits per heavy atom. The Morgan fingerprint density at radius 1 is 1.12 bits per heavy atom. The van der Waals surface area contributed by atoms with Crippen LogP contribution in [0.15, 0.2) is 53.7 Å². The summed E-state index contributed by atoms with van der Waals surface area (Å²) in [5, 5.41) is 7.25. The lowest BCUT2D eigenvalue weighted by molar-refractivity contribution is 0.416. The van der Waals surface area contributed by atoms with Gasteiger partial charge in [-0.1, -0.05) is 18.2 Å². The summed E-state index contributed by atoms with van der Waals surface area (Å²) in [6, 6.07) is 9.41. The molecule has 120 valence electrons. The molecule has 4 aromatic rings. The van der Waals surface area contributed by atoms with E-state index in [9.17, 15) is 4.79 Å². The van der Waals surface area contributed by atoms with Gasteiger partial charge in [0.25, 0.3) is 5.56 Å². The summed E-state index contributed by atoms with van der Waals surface area (Å²) in [6.45, 7) is 0. The van der Waals surface area contributed by atoms with Gasteiger partial charge in [0.2, 0.25) is 0 Å². The molecule has 24 heavy (non-hydrogen) atoms. The number of aromatic nitrogens is 5. The molecule has 0 saturated heterocycles. The average Bonchev–Trinajstić information content (AvgIpc) is 3.22. The highest BCUT2D eigenvalue weighted by Crippen LogP contribution is 2.31. The zero-order chi connectivity index (χ0) is 16.7. The number of benzene rings is 1. The number of rotatable bonds is 3. The topological polar surface area (TPSA) is 77.2 Å². The van der Waals surface area contributed by atoms with Gasteiger partial charge in [0, 0.05) is 36.8 Å². The molecule has 0 aliphatic rings. The zero-order valence-corrected chi connectivity index (χ0v) is 13.2. The predicted octanol–water partition coefficient (Wildman–Crippen LogP) is 2.10. The molecule has 0 fully saturated rings. The number of methoxy groups -OCH3 is 1. The van der Waals surface area contributed by atoms with E-state index < -0.39 is 0 Å². The van der Waals surface area contributed by atoms with Gasteiger partial charge in [-0.15, -0.1) is 0 Å². The third-order valence-corrected chi connectivity index (χ3v) is 3.93. The van der Waals surface area contributed by atoms with E-state index in [4.69, 9.17) is 4.74 Å². The number of para-hydroxylation sites is 1. The van der Waals surface area contributed by atoms with Crippen LogP contribution in [0.25, 0.3) is 28.0 Å². The first-order valence-corrected chi connectivity index (χ1v) is 7.41. The molecule has 1 aromatic carbocycles. The van der Waals surface area contributed by atoms with Gasteiger partial charge in [-0.3, -0.25) is 14.6 Å². The van der Waals surface area contributed by atoms with Crippen LogP contribution in [0.4, 0.5) is 0 Å². The minimum Gasteiger partial charge on any atom is -0.496 e. The second-order valence-corrected chi connectivity index (χ2v) is 5.40. The Bertz CT molecular complexity index is 1090. The largest absolute Gasteiger partial charge is 0.496 e. The number of fused-ring (bicyclic) bond motifs is 1. The van der Waals surface area contributed by atoms with Crippen molar-refractivity contribution in [2.24, 2.45) is 7.05 Å². The molecule has 0 bridgehead atoms.